The van der Waals surface area contributed by atoms with Gasteiger partial charge in [-0.2, -0.15) is 0 Å². The summed E-state index contributed by atoms with van der Waals surface area (Å²) >= 11 is 6.17. The smallest absolute Gasteiger partial charge is 0.222 e. The first-order valence-electron chi connectivity index (χ1n) is 7.94. The van der Waals surface area contributed by atoms with Crippen molar-refractivity contribution in [2.45, 2.75) is 6.92 Å². The molecule has 0 aromatic carbocycles. The molecule has 0 radical (unpaired) electrons. The molecular formula is C19H14ClN5O. The third-order valence-corrected chi connectivity index (χ3v) is 4.12. The van der Waals surface area contributed by atoms with Gasteiger partial charge in [0.2, 0.25) is 5.91 Å². The van der Waals surface area contributed by atoms with Crippen molar-refractivity contribution in [3.8, 4) is 22.5 Å². The second-order valence-electron chi connectivity index (χ2n) is 5.74. The predicted octanol–water partition coefficient (Wildman–Crippen LogP) is 4.30. The van der Waals surface area contributed by atoms with Gasteiger partial charge in [-0.25, -0.2) is 4.98 Å². The van der Waals surface area contributed by atoms with Gasteiger partial charge in [-0.3, -0.25) is 14.8 Å². The summed E-state index contributed by atoms with van der Waals surface area (Å²) in [5, 5.41) is 3.30. The number of anilines is 1. The minimum atomic E-state index is -0.176. The number of pyridine rings is 3. The van der Waals surface area contributed by atoms with Crippen LogP contribution in [-0.4, -0.2) is 25.8 Å². The Kier molecular flexibility index (Phi) is 4.10. The molecule has 0 bridgehead atoms. The number of amides is 1. The average Bonchev–Trinajstić information content (AvgIpc) is 3.01. The molecule has 6 nitrogen and oxygen atoms in total. The number of halogens is 1. The normalized spacial score (nSPS) is 10.8. The molecule has 7 heteroatoms. The number of hydrogen-bond acceptors (Lipinski definition) is 4. The first-order chi connectivity index (χ1) is 12.6. The van der Waals surface area contributed by atoms with E-state index >= 15 is 0 Å². The summed E-state index contributed by atoms with van der Waals surface area (Å²) < 4.78 is 0. The number of nitrogens with one attached hydrogen (secondary N) is 2. The van der Waals surface area contributed by atoms with Crippen LogP contribution in [0.15, 0.2) is 55.0 Å². The number of fused-ring (bicyclic) bond motifs is 1. The molecule has 4 aromatic rings. The Morgan fingerprint density at radius 1 is 1.08 bits per heavy atom. The second-order valence-corrected chi connectivity index (χ2v) is 6.18. The van der Waals surface area contributed by atoms with Crippen LogP contribution in [0.25, 0.3) is 33.5 Å². The number of nitrogens with zero attached hydrogens (tertiary/aromatic N) is 3. The van der Waals surface area contributed by atoms with Gasteiger partial charge in [0.1, 0.15) is 5.82 Å². The summed E-state index contributed by atoms with van der Waals surface area (Å²) in [6.45, 7) is 1.45. The first-order valence-corrected chi connectivity index (χ1v) is 8.32. The topological polar surface area (TPSA) is 83.6 Å². The zero-order valence-electron chi connectivity index (χ0n) is 13.8. The van der Waals surface area contributed by atoms with Gasteiger partial charge in [-0.15, -0.1) is 0 Å². The fourth-order valence-electron chi connectivity index (χ4n) is 2.86. The highest BCUT2D eigenvalue weighted by Crippen LogP contribution is 2.37. The van der Waals surface area contributed by atoms with Crippen LogP contribution in [-0.2, 0) is 4.79 Å². The number of hydrogen-bond donors (Lipinski definition) is 2. The molecule has 2 N–H and O–H groups in total. The van der Waals surface area contributed by atoms with Crippen molar-refractivity contribution in [1.82, 2.24) is 19.9 Å². The van der Waals surface area contributed by atoms with E-state index in [2.05, 4.69) is 25.3 Å². The highest BCUT2D eigenvalue weighted by atomic mass is 35.5. The lowest BCUT2D eigenvalue weighted by atomic mass is 10.0. The van der Waals surface area contributed by atoms with Gasteiger partial charge < -0.3 is 10.3 Å². The predicted molar refractivity (Wildman–Crippen MR) is 102 cm³/mol. The van der Waals surface area contributed by atoms with Crippen molar-refractivity contribution in [3.05, 3.63) is 60.0 Å². The van der Waals surface area contributed by atoms with Gasteiger partial charge in [-0.1, -0.05) is 11.6 Å². The van der Waals surface area contributed by atoms with E-state index in [1.165, 1.54) is 6.92 Å². The molecular weight excluding hydrogens is 350 g/mol. The van der Waals surface area contributed by atoms with Crippen LogP contribution in [0.4, 0.5) is 5.82 Å². The fourth-order valence-corrected chi connectivity index (χ4v) is 3.02. The summed E-state index contributed by atoms with van der Waals surface area (Å²) in [6, 6.07) is 11.0. The minimum absolute atomic E-state index is 0.176. The maximum Gasteiger partial charge on any atom is 0.222 e. The molecule has 4 rings (SSSR count). The van der Waals surface area contributed by atoms with Crippen molar-refractivity contribution in [3.63, 3.8) is 0 Å². The molecule has 4 aromatic heterocycles. The molecule has 0 saturated carbocycles. The Labute approximate surface area is 154 Å². The van der Waals surface area contributed by atoms with E-state index in [4.69, 9.17) is 11.6 Å². The van der Waals surface area contributed by atoms with Crippen LogP contribution < -0.4 is 5.32 Å². The van der Waals surface area contributed by atoms with Crippen molar-refractivity contribution in [1.29, 1.82) is 0 Å². The van der Waals surface area contributed by atoms with Crippen molar-refractivity contribution < 1.29 is 4.79 Å². The molecule has 0 atom stereocenters. The van der Waals surface area contributed by atoms with Gasteiger partial charge in [0.15, 0.2) is 0 Å². The van der Waals surface area contributed by atoms with E-state index in [1.807, 2.05) is 18.2 Å². The van der Waals surface area contributed by atoms with Crippen molar-refractivity contribution in [2.75, 3.05) is 5.32 Å². The summed E-state index contributed by atoms with van der Waals surface area (Å²) in [7, 11) is 0. The Morgan fingerprint density at radius 3 is 2.73 bits per heavy atom. The summed E-state index contributed by atoms with van der Waals surface area (Å²) in [4.78, 5) is 27.9. The number of carbonyl (C=O) groups excluding carboxylic acids is 1. The number of carbonyl (C=O) groups is 1. The molecule has 26 heavy (non-hydrogen) atoms. The lowest BCUT2D eigenvalue weighted by molar-refractivity contribution is -0.114. The van der Waals surface area contributed by atoms with Crippen LogP contribution in [0.1, 0.15) is 6.92 Å². The van der Waals surface area contributed by atoms with E-state index < -0.39 is 0 Å². The number of H-pyrrole nitrogens is 1. The zero-order chi connectivity index (χ0) is 18.1. The zero-order valence-corrected chi connectivity index (χ0v) is 14.6. The number of rotatable bonds is 3. The summed E-state index contributed by atoms with van der Waals surface area (Å²) in [6.07, 6.45) is 5.05. The molecule has 4 heterocycles. The molecule has 0 unspecified atom stereocenters. The Morgan fingerprint density at radius 2 is 1.92 bits per heavy atom. The summed E-state index contributed by atoms with van der Waals surface area (Å²) in [5.41, 5.74) is 4.95. The molecule has 128 valence electrons. The van der Waals surface area contributed by atoms with Crippen molar-refractivity contribution in [2.24, 2.45) is 0 Å². The van der Waals surface area contributed by atoms with Crippen LogP contribution >= 0.6 is 11.6 Å². The number of aromatic amines is 1. The second kappa shape index (κ2) is 6.57. The quantitative estimate of drug-likeness (QED) is 0.568. The lowest BCUT2D eigenvalue weighted by Crippen LogP contribution is -2.07. The van der Waals surface area contributed by atoms with E-state index in [9.17, 15) is 4.79 Å². The van der Waals surface area contributed by atoms with E-state index in [0.717, 1.165) is 33.5 Å². The molecule has 0 fully saturated rings. The Bertz CT molecular complexity index is 1120. The lowest BCUT2D eigenvalue weighted by Gasteiger charge is -2.07. The molecule has 0 aliphatic rings. The van der Waals surface area contributed by atoms with Crippen LogP contribution in [0, 0.1) is 0 Å². The van der Waals surface area contributed by atoms with Gasteiger partial charge in [0, 0.05) is 36.1 Å². The van der Waals surface area contributed by atoms with Crippen molar-refractivity contribution >= 4 is 34.4 Å². The Hall–Kier alpha value is -3.25. The molecule has 0 spiro atoms. The fraction of sp³-hybridized carbons (Fsp3) is 0.0526. The van der Waals surface area contributed by atoms with Crippen LogP contribution in [0.3, 0.4) is 0 Å². The van der Waals surface area contributed by atoms with Crippen LogP contribution in [0.5, 0.6) is 0 Å². The molecule has 1 amide bonds. The van der Waals surface area contributed by atoms with Gasteiger partial charge in [-0.05, 0) is 36.4 Å². The van der Waals surface area contributed by atoms with E-state index in [1.54, 1.807) is 36.8 Å². The average molecular weight is 364 g/mol. The third-order valence-electron chi connectivity index (χ3n) is 3.89. The highest BCUT2D eigenvalue weighted by Gasteiger charge is 2.18. The number of aromatic nitrogens is 4. The standard InChI is InChI=1S/C19H14ClN5O/c1-11(26)24-16-9-12(4-7-22-16)18-17(15-10-13(20)5-8-21-15)19-14(25-18)3-2-6-23-19/h2-10,25H,1H3,(H,22,24,26). The maximum absolute atomic E-state index is 11.3. The first kappa shape index (κ1) is 16.2. The minimum Gasteiger partial charge on any atom is -0.353 e. The largest absolute Gasteiger partial charge is 0.353 e. The molecule has 0 aliphatic carbocycles. The van der Waals surface area contributed by atoms with E-state index in [-0.39, 0.29) is 5.91 Å². The SMILES string of the molecule is CC(=O)Nc1cc(-c2[nH]c3cccnc3c2-c2cc(Cl)ccn2)ccn1. The summed E-state index contributed by atoms with van der Waals surface area (Å²) in [5.74, 6) is 0.302. The Balaban J connectivity index is 1.96. The van der Waals surface area contributed by atoms with Gasteiger partial charge >= 0.3 is 0 Å². The monoisotopic (exact) mass is 363 g/mol. The highest BCUT2D eigenvalue weighted by molar-refractivity contribution is 6.30. The van der Waals surface area contributed by atoms with Crippen LogP contribution in [0.2, 0.25) is 5.02 Å². The van der Waals surface area contributed by atoms with Gasteiger partial charge in [0.25, 0.3) is 0 Å². The maximum atomic E-state index is 11.3. The van der Waals surface area contributed by atoms with E-state index in [0.29, 0.717) is 10.8 Å². The molecule has 0 aliphatic heterocycles. The van der Waals surface area contributed by atoms with Gasteiger partial charge in [0.05, 0.1) is 28.0 Å². The third kappa shape index (κ3) is 3.02. The molecule has 0 saturated heterocycles.